The van der Waals surface area contributed by atoms with E-state index >= 15 is 0 Å². The normalized spacial score (nSPS) is 13.8. The number of ether oxygens (including phenoxy) is 3. The first-order valence-electron chi connectivity index (χ1n) is 10.8. The molecule has 2 aromatic carbocycles. The van der Waals surface area contributed by atoms with E-state index in [1.165, 1.54) is 0 Å². The van der Waals surface area contributed by atoms with Gasteiger partial charge in [-0.15, -0.1) is 0 Å². The van der Waals surface area contributed by atoms with Gasteiger partial charge in [0, 0.05) is 41.1 Å². The van der Waals surface area contributed by atoms with E-state index in [0.717, 1.165) is 16.7 Å². The van der Waals surface area contributed by atoms with Crippen molar-refractivity contribution >= 4 is 11.7 Å². The van der Waals surface area contributed by atoms with Gasteiger partial charge in [0.05, 0.1) is 18.3 Å². The minimum absolute atomic E-state index is 0.0613. The fourth-order valence-electron chi connectivity index (χ4n) is 3.82. The number of rotatable bonds is 7. The van der Waals surface area contributed by atoms with Crippen molar-refractivity contribution in [1.29, 1.82) is 0 Å². The van der Waals surface area contributed by atoms with Gasteiger partial charge in [-0.05, 0) is 57.2 Å². The molecule has 0 saturated heterocycles. The summed E-state index contributed by atoms with van der Waals surface area (Å²) in [4.78, 5) is 28.2. The summed E-state index contributed by atoms with van der Waals surface area (Å²) >= 11 is 0. The largest absolute Gasteiger partial charge is 0.492 e. The second-order valence-corrected chi connectivity index (χ2v) is 8.15. The zero-order chi connectivity index (χ0) is 23.5. The van der Waals surface area contributed by atoms with Crippen molar-refractivity contribution in [2.24, 2.45) is 5.73 Å². The average Bonchev–Trinajstić information content (AvgIpc) is 2.79. The molecule has 0 spiro atoms. The van der Waals surface area contributed by atoms with Crippen molar-refractivity contribution in [3.05, 3.63) is 82.7 Å². The highest BCUT2D eigenvalue weighted by atomic mass is 16.5. The van der Waals surface area contributed by atoms with E-state index in [2.05, 4.69) is 4.98 Å². The van der Waals surface area contributed by atoms with Crippen molar-refractivity contribution in [3.63, 3.8) is 0 Å². The third kappa shape index (κ3) is 4.67. The number of carbonyl (C=O) groups is 2. The maximum atomic E-state index is 12.3. The monoisotopic (exact) mass is 446 g/mol. The lowest BCUT2D eigenvalue weighted by molar-refractivity contribution is 0.0931. The van der Waals surface area contributed by atoms with Crippen LogP contribution in [0.2, 0.25) is 0 Å². The van der Waals surface area contributed by atoms with Gasteiger partial charge in [-0.1, -0.05) is 6.07 Å². The highest BCUT2D eigenvalue weighted by molar-refractivity contribution is 6.00. The standard InChI is InChI=1S/C26H26N2O5/c1-15(2)32-23-14-18(26(27)30)4-5-20(23)25(17-8-11-28-12-9-17)33-22-7-6-19-21(29)10-13-31-24(19)16(22)3/h4-9,11-12,14-15,25H,10,13H2,1-3H3,(H2,27,30)/t25-/m1/s1. The van der Waals surface area contributed by atoms with Crippen LogP contribution in [-0.2, 0) is 0 Å². The van der Waals surface area contributed by atoms with Gasteiger partial charge in [-0.3, -0.25) is 14.6 Å². The number of hydrogen-bond donors (Lipinski definition) is 1. The molecule has 1 aliphatic heterocycles. The van der Waals surface area contributed by atoms with Crippen molar-refractivity contribution in [2.45, 2.75) is 39.4 Å². The molecule has 0 fully saturated rings. The second-order valence-electron chi connectivity index (χ2n) is 8.15. The van der Waals surface area contributed by atoms with Crippen LogP contribution in [0.3, 0.4) is 0 Å². The second kappa shape index (κ2) is 9.32. The number of primary amides is 1. The lowest BCUT2D eigenvalue weighted by atomic mass is 9.98. The Bertz CT molecular complexity index is 1190. The van der Waals surface area contributed by atoms with Gasteiger partial charge in [-0.2, -0.15) is 0 Å². The molecule has 0 bridgehead atoms. The van der Waals surface area contributed by atoms with Crippen molar-refractivity contribution in [3.8, 4) is 17.2 Å². The molecule has 7 heteroatoms. The molecule has 170 valence electrons. The maximum Gasteiger partial charge on any atom is 0.248 e. The van der Waals surface area contributed by atoms with E-state index in [-0.39, 0.29) is 11.9 Å². The van der Waals surface area contributed by atoms with Crippen LogP contribution >= 0.6 is 0 Å². The molecule has 1 atom stereocenters. The van der Waals surface area contributed by atoms with E-state index in [4.69, 9.17) is 19.9 Å². The number of amides is 1. The molecule has 0 saturated carbocycles. The SMILES string of the molecule is Cc1c(O[C@H](c2ccncc2)c2ccc(C(N)=O)cc2OC(C)C)ccc2c1OCCC2=O. The molecule has 0 radical (unpaired) electrons. The first-order valence-corrected chi connectivity index (χ1v) is 10.8. The van der Waals surface area contributed by atoms with E-state index in [0.29, 0.717) is 41.4 Å². The predicted octanol–water partition coefficient (Wildman–Crippen LogP) is 4.41. The van der Waals surface area contributed by atoms with Crippen LogP contribution in [0, 0.1) is 6.92 Å². The van der Waals surface area contributed by atoms with Crippen LogP contribution in [0.4, 0.5) is 0 Å². The molecule has 2 N–H and O–H groups in total. The minimum Gasteiger partial charge on any atom is -0.492 e. The fraction of sp³-hybridized carbons (Fsp3) is 0.269. The number of ketones is 1. The van der Waals surface area contributed by atoms with Crippen LogP contribution in [0.25, 0.3) is 0 Å². The summed E-state index contributed by atoms with van der Waals surface area (Å²) in [5, 5.41) is 0. The topological polar surface area (TPSA) is 101 Å². The number of pyridine rings is 1. The summed E-state index contributed by atoms with van der Waals surface area (Å²) in [7, 11) is 0. The quantitative estimate of drug-likeness (QED) is 0.577. The Morgan fingerprint density at radius 3 is 2.52 bits per heavy atom. The van der Waals surface area contributed by atoms with Gasteiger partial charge in [-0.25, -0.2) is 0 Å². The molecule has 7 nitrogen and oxygen atoms in total. The third-order valence-corrected chi connectivity index (χ3v) is 5.43. The number of hydrogen-bond acceptors (Lipinski definition) is 6. The number of fused-ring (bicyclic) bond motifs is 1. The average molecular weight is 447 g/mol. The smallest absolute Gasteiger partial charge is 0.248 e. The van der Waals surface area contributed by atoms with Gasteiger partial charge in [0.25, 0.3) is 0 Å². The summed E-state index contributed by atoms with van der Waals surface area (Å²) in [5.41, 5.74) is 8.74. The molecule has 0 aliphatic carbocycles. The highest BCUT2D eigenvalue weighted by Gasteiger charge is 2.26. The Hall–Kier alpha value is -3.87. The molecule has 3 aromatic rings. The summed E-state index contributed by atoms with van der Waals surface area (Å²) in [6.07, 6.45) is 3.05. The van der Waals surface area contributed by atoms with Crippen molar-refractivity contribution in [1.82, 2.24) is 4.98 Å². The molecule has 4 rings (SSSR count). The van der Waals surface area contributed by atoms with E-state index in [1.807, 2.05) is 32.9 Å². The summed E-state index contributed by atoms with van der Waals surface area (Å²) in [6, 6.07) is 12.3. The lowest BCUT2D eigenvalue weighted by Crippen LogP contribution is -2.18. The summed E-state index contributed by atoms with van der Waals surface area (Å²) in [5.74, 6) is 1.17. The van der Waals surface area contributed by atoms with E-state index < -0.39 is 12.0 Å². The maximum absolute atomic E-state index is 12.3. The number of carbonyl (C=O) groups excluding carboxylic acids is 2. The Morgan fingerprint density at radius 1 is 1.06 bits per heavy atom. The van der Waals surface area contributed by atoms with Crippen LogP contribution in [0.15, 0.2) is 54.9 Å². The van der Waals surface area contributed by atoms with Crippen LogP contribution in [0.1, 0.15) is 63.8 Å². The zero-order valence-corrected chi connectivity index (χ0v) is 18.8. The number of nitrogens with two attached hydrogens (primary N) is 1. The highest BCUT2D eigenvalue weighted by Crippen LogP contribution is 2.40. The van der Waals surface area contributed by atoms with Crippen LogP contribution in [0.5, 0.6) is 17.2 Å². The molecule has 33 heavy (non-hydrogen) atoms. The molecule has 1 aromatic heterocycles. The third-order valence-electron chi connectivity index (χ3n) is 5.43. The van der Waals surface area contributed by atoms with Crippen molar-refractivity contribution < 1.29 is 23.8 Å². The first kappa shape index (κ1) is 22.3. The molecular weight excluding hydrogens is 420 g/mol. The first-order chi connectivity index (χ1) is 15.8. The van der Waals surface area contributed by atoms with Crippen LogP contribution < -0.4 is 19.9 Å². The number of Topliss-reactive ketones (excluding diaryl/α,β-unsaturated/α-hetero) is 1. The Morgan fingerprint density at radius 2 is 1.82 bits per heavy atom. The van der Waals surface area contributed by atoms with Gasteiger partial charge in [0.2, 0.25) is 5.91 Å². The summed E-state index contributed by atoms with van der Waals surface area (Å²) < 4.78 is 18.4. The number of aromatic nitrogens is 1. The van der Waals surface area contributed by atoms with Gasteiger partial charge in [0.1, 0.15) is 17.2 Å². The molecule has 1 aliphatic rings. The van der Waals surface area contributed by atoms with Gasteiger partial charge >= 0.3 is 0 Å². The Kier molecular flexibility index (Phi) is 6.31. The molecule has 0 unspecified atom stereocenters. The predicted molar refractivity (Wildman–Crippen MR) is 123 cm³/mol. The van der Waals surface area contributed by atoms with E-state index in [1.54, 1.807) is 42.7 Å². The Labute approximate surface area is 192 Å². The minimum atomic E-state index is -0.570. The van der Waals surface area contributed by atoms with Crippen LogP contribution in [-0.4, -0.2) is 29.4 Å². The van der Waals surface area contributed by atoms with Gasteiger partial charge < -0.3 is 19.9 Å². The number of nitrogens with zero attached hydrogens (tertiary/aromatic N) is 1. The molecule has 1 amide bonds. The summed E-state index contributed by atoms with van der Waals surface area (Å²) in [6.45, 7) is 6.04. The fourth-order valence-corrected chi connectivity index (χ4v) is 3.82. The molecule has 2 heterocycles. The van der Waals surface area contributed by atoms with E-state index in [9.17, 15) is 9.59 Å². The van der Waals surface area contributed by atoms with Crippen molar-refractivity contribution in [2.75, 3.05) is 6.61 Å². The zero-order valence-electron chi connectivity index (χ0n) is 18.8. The Balaban J connectivity index is 1.82. The number of benzene rings is 2. The lowest BCUT2D eigenvalue weighted by Gasteiger charge is -2.26. The molecular formula is C26H26N2O5. The van der Waals surface area contributed by atoms with Gasteiger partial charge in [0.15, 0.2) is 11.9 Å².